The quantitative estimate of drug-likeness (QED) is 0.817. The van der Waals surface area contributed by atoms with E-state index < -0.39 is 12.1 Å². The number of anilines is 1. The molecule has 0 saturated heterocycles. The minimum absolute atomic E-state index is 0.183. The van der Waals surface area contributed by atoms with E-state index in [1.54, 1.807) is 12.1 Å². The molecule has 0 radical (unpaired) electrons. The molecule has 2 aromatic rings. The summed E-state index contributed by atoms with van der Waals surface area (Å²) < 4.78 is 36.6. The second kappa shape index (κ2) is 3.65. The molecule has 1 aromatic heterocycles. The highest BCUT2D eigenvalue weighted by atomic mass is 19.4. The molecule has 0 bridgehead atoms. The molecule has 0 aliphatic carbocycles. The Morgan fingerprint density at radius 2 is 2.00 bits per heavy atom. The summed E-state index contributed by atoms with van der Waals surface area (Å²) in [6, 6.07) is 6.15. The van der Waals surface area contributed by atoms with E-state index in [2.05, 4.69) is 9.82 Å². The number of imidazole rings is 1. The fourth-order valence-electron chi connectivity index (χ4n) is 1.25. The van der Waals surface area contributed by atoms with Gasteiger partial charge in [-0.1, -0.05) is 12.1 Å². The smallest absolute Gasteiger partial charge is 0.367 e. The minimum atomic E-state index is -5.09. The van der Waals surface area contributed by atoms with Crippen molar-refractivity contribution in [2.45, 2.75) is 6.18 Å². The van der Waals surface area contributed by atoms with Crippen molar-refractivity contribution in [3.63, 3.8) is 0 Å². The van der Waals surface area contributed by atoms with Crippen LogP contribution in [0.4, 0.5) is 19.1 Å². The monoisotopic (exact) mass is 245 g/mol. The number of halogens is 3. The number of para-hydroxylation sites is 2. The van der Waals surface area contributed by atoms with Gasteiger partial charge < -0.3 is 10.6 Å². The number of nitrogens with two attached hydrogens (primary N) is 1. The number of aromatic nitrogens is 2. The van der Waals surface area contributed by atoms with E-state index in [1.165, 1.54) is 12.1 Å². The van der Waals surface area contributed by atoms with Gasteiger partial charge >= 0.3 is 12.1 Å². The molecule has 2 N–H and O–H groups in total. The largest absolute Gasteiger partial charge is 0.493 e. The lowest BCUT2D eigenvalue weighted by Crippen LogP contribution is -2.33. The number of carbonyl (C=O) groups is 1. The fourth-order valence-corrected chi connectivity index (χ4v) is 1.25. The van der Waals surface area contributed by atoms with E-state index in [0.29, 0.717) is 10.2 Å². The molecule has 1 heterocycles. The zero-order valence-electron chi connectivity index (χ0n) is 8.23. The average Bonchev–Trinajstić information content (AvgIpc) is 2.54. The molecule has 17 heavy (non-hydrogen) atoms. The van der Waals surface area contributed by atoms with Crippen molar-refractivity contribution in [1.82, 2.24) is 9.71 Å². The first-order valence-electron chi connectivity index (χ1n) is 4.42. The minimum Gasteiger partial charge on any atom is -0.367 e. The zero-order valence-corrected chi connectivity index (χ0v) is 8.23. The third-order valence-corrected chi connectivity index (χ3v) is 1.95. The molecule has 0 unspecified atom stereocenters. The van der Waals surface area contributed by atoms with Crippen molar-refractivity contribution in [2.75, 3.05) is 5.73 Å². The molecule has 90 valence electrons. The van der Waals surface area contributed by atoms with Crippen LogP contribution in [0.3, 0.4) is 0 Å². The summed E-state index contributed by atoms with van der Waals surface area (Å²) in [5.41, 5.74) is 5.87. The van der Waals surface area contributed by atoms with Gasteiger partial charge in [-0.25, -0.2) is 9.78 Å². The Labute approximate surface area is 92.5 Å². The lowest BCUT2D eigenvalue weighted by atomic mass is 10.3. The topological polar surface area (TPSA) is 70.1 Å². The Morgan fingerprint density at radius 1 is 1.35 bits per heavy atom. The summed E-state index contributed by atoms with van der Waals surface area (Å²) in [6.07, 6.45) is -5.09. The number of benzene rings is 1. The molecule has 2 rings (SSSR count). The summed E-state index contributed by atoms with van der Waals surface area (Å²) in [5.74, 6) is -2.68. The Kier molecular flexibility index (Phi) is 2.41. The van der Waals surface area contributed by atoms with Crippen molar-refractivity contribution in [3.8, 4) is 0 Å². The highest BCUT2D eigenvalue weighted by Crippen LogP contribution is 2.19. The van der Waals surface area contributed by atoms with Gasteiger partial charge in [0, 0.05) is 0 Å². The summed E-state index contributed by atoms with van der Waals surface area (Å²) in [7, 11) is 0. The molecule has 0 aliphatic heterocycles. The van der Waals surface area contributed by atoms with Crippen LogP contribution in [-0.4, -0.2) is 21.9 Å². The Hall–Kier alpha value is -2.25. The Balaban J connectivity index is 2.42. The summed E-state index contributed by atoms with van der Waals surface area (Å²) in [6.45, 7) is 0. The van der Waals surface area contributed by atoms with Crippen LogP contribution in [-0.2, 0) is 4.79 Å². The maximum absolute atomic E-state index is 12.0. The van der Waals surface area contributed by atoms with Gasteiger partial charge in [0.05, 0.1) is 5.52 Å². The lowest BCUT2D eigenvalue weighted by Gasteiger charge is -2.08. The molecule has 5 nitrogen and oxygen atoms in total. The van der Waals surface area contributed by atoms with Crippen LogP contribution < -0.4 is 10.6 Å². The normalized spacial score (nSPS) is 11.7. The van der Waals surface area contributed by atoms with Gasteiger partial charge in [-0.3, -0.25) is 0 Å². The number of hydrogen-bond donors (Lipinski definition) is 1. The van der Waals surface area contributed by atoms with Crippen LogP contribution in [0.5, 0.6) is 0 Å². The van der Waals surface area contributed by atoms with Crippen molar-refractivity contribution in [1.29, 1.82) is 0 Å². The van der Waals surface area contributed by atoms with Crippen molar-refractivity contribution in [3.05, 3.63) is 24.3 Å². The van der Waals surface area contributed by atoms with Crippen LogP contribution in [0.15, 0.2) is 24.3 Å². The first-order chi connectivity index (χ1) is 7.89. The van der Waals surface area contributed by atoms with Crippen molar-refractivity contribution < 1.29 is 22.8 Å². The van der Waals surface area contributed by atoms with E-state index in [0.717, 1.165) is 0 Å². The standard InChI is InChI=1S/C9H6F3N3O2/c10-9(11,12)7(16)17-15-6-4-2-1-3-5(6)14-8(15)13/h1-4H,(H2,13,14). The third-order valence-electron chi connectivity index (χ3n) is 1.95. The Bertz CT molecular complexity index is 576. The summed E-state index contributed by atoms with van der Waals surface area (Å²) in [5, 5.41) is 0. The molecular weight excluding hydrogens is 239 g/mol. The lowest BCUT2D eigenvalue weighted by molar-refractivity contribution is -0.199. The maximum Gasteiger partial charge on any atom is 0.493 e. The van der Waals surface area contributed by atoms with E-state index in [1.807, 2.05) is 0 Å². The van der Waals surface area contributed by atoms with Crippen LogP contribution in [0.2, 0.25) is 0 Å². The molecule has 0 atom stereocenters. The zero-order chi connectivity index (χ0) is 12.6. The average molecular weight is 245 g/mol. The van der Waals surface area contributed by atoms with Gasteiger partial charge in [-0.05, 0) is 12.1 Å². The van der Waals surface area contributed by atoms with Crippen LogP contribution in [0.1, 0.15) is 0 Å². The molecule has 0 saturated carbocycles. The molecule has 0 aliphatic rings. The second-order valence-corrected chi connectivity index (χ2v) is 3.13. The van der Waals surface area contributed by atoms with E-state index >= 15 is 0 Å². The number of alkyl halides is 3. The predicted molar refractivity (Wildman–Crippen MR) is 51.8 cm³/mol. The van der Waals surface area contributed by atoms with E-state index in [-0.39, 0.29) is 11.5 Å². The van der Waals surface area contributed by atoms with Crippen LogP contribution >= 0.6 is 0 Å². The predicted octanol–water partition coefficient (Wildman–Crippen LogP) is 1.14. The Morgan fingerprint density at radius 3 is 2.65 bits per heavy atom. The van der Waals surface area contributed by atoms with Gasteiger partial charge in [0.25, 0.3) is 0 Å². The highest BCUT2D eigenvalue weighted by Gasteiger charge is 2.42. The number of nitrogens with zero attached hydrogens (tertiary/aromatic N) is 2. The molecule has 8 heteroatoms. The molecule has 0 spiro atoms. The maximum atomic E-state index is 12.0. The van der Waals surface area contributed by atoms with Crippen LogP contribution in [0.25, 0.3) is 11.0 Å². The van der Waals surface area contributed by atoms with Gasteiger partial charge in [0.15, 0.2) is 0 Å². The van der Waals surface area contributed by atoms with Crippen LogP contribution in [0, 0.1) is 0 Å². The highest BCUT2D eigenvalue weighted by molar-refractivity contribution is 5.81. The molecular formula is C9H6F3N3O2. The first kappa shape index (κ1) is 11.2. The first-order valence-corrected chi connectivity index (χ1v) is 4.42. The summed E-state index contributed by atoms with van der Waals surface area (Å²) in [4.78, 5) is 18.5. The number of nitrogen functional groups attached to an aromatic ring is 1. The van der Waals surface area contributed by atoms with Crippen molar-refractivity contribution in [2.24, 2.45) is 0 Å². The molecule has 1 aromatic carbocycles. The second-order valence-electron chi connectivity index (χ2n) is 3.13. The van der Waals surface area contributed by atoms with Gasteiger partial charge in [0.1, 0.15) is 5.52 Å². The summed E-state index contributed by atoms with van der Waals surface area (Å²) >= 11 is 0. The van der Waals surface area contributed by atoms with Gasteiger partial charge in [-0.2, -0.15) is 13.2 Å². The van der Waals surface area contributed by atoms with E-state index in [4.69, 9.17) is 5.73 Å². The number of fused-ring (bicyclic) bond motifs is 1. The molecule has 0 amide bonds. The SMILES string of the molecule is Nc1nc2ccccc2n1OC(=O)C(F)(F)F. The molecule has 0 fully saturated rings. The third kappa shape index (κ3) is 2.01. The van der Waals surface area contributed by atoms with Gasteiger partial charge in [-0.15, -0.1) is 4.73 Å². The van der Waals surface area contributed by atoms with Crippen molar-refractivity contribution >= 4 is 23.0 Å². The number of rotatable bonds is 1. The van der Waals surface area contributed by atoms with E-state index in [9.17, 15) is 18.0 Å². The fraction of sp³-hybridized carbons (Fsp3) is 0.111. The van der Waals surface area contributed by atoms with Gasteiger partial charge in [0.2, 0.25) is 5.95 Å². The number of hydrogen-bond acceptors (Lipinski definition) is 4. The number of carbonyl (C=O) groups excluding carboxylic acids is 1.